The minimum absolute atomic E-state index is 0.156. The zero-order valence-corrected chi connectivity index (χ0v) is 10.8. The molecule has 1 N–H and O–H groups in total. The Morgan fingerprint density at radius 2 is 2.28 bits per heavy atom. The van der Waals surface area contributed by atoms with Crippen LogP contribution < -0.4 is 10.9 Å². The lowest BCUT2D eigenvalue weighted by Gasteiger charge is -2.32. The van der Waals surface area contributed by atoms with E-state index in [-0.39, 0.29) is 17.0 Å². The van der Waals surface area contributed by atoms with E-state index < -0.39 is 0 Å². The number of hydrogen-bond acceptors (Lipinski definition) is 3. The van der Waals surface area contributed by atoms with Gasteiger partial charge in [-0.1, -0.05) is 0 Å². The quantitative estimate of drug-likeness (QED) is 0.815. The van der Waals surface area contributed by atoms with Crippen molar-refractivity contribution in [1.29, 1.82) is 0 Å². The molecular weight excluding hydrogens is 230 g/mol. The van der Waals surface area contributed by atoms with Gasteiger partial charge in [0, 0.05) is 32.4 Å². The molecule has 0 bridgehead atoms. The molecule has 5 heteroatoms. The average Bonchev–Trinajstić information content (AvgIpc) is 2.41. The highest BCUT2D eigenvalue weighted by molar-refractivity contribution is 5.93. The van der Waals surface area contributed by atoms with Gasteiger partial charge in [-0.25, -0.2) is 0 Å². The first-order valence-corrected chi connectivity index (χ1v) is 6.25. The third-order valence-electron chi connectivity index (χ3n) is 3.47. The summed E-state index contributed by atoms with van der Waals surface area (Å²) in [7, 11) is 3.56. The number of likely N-dealkylation sites (tertiary alicyclic amines) is 1. The van der Waals surface area contributed by atoms with Gasteiger partial charge in [0.15, 0.2) is 0 Å². The summed E-state index contributed by atoms with van der Waals surface area (Å²) >= 11 is 0. The molecule has 1 fully saturated rings. The molecule has 1 amide bonds. The Labute approximate surface area is 106 Å². The number of amides is 1. The summed E-state index contributed by atoms with van der Waals surface area (Å²) in [6.07, 6.45) is 3.71. The van der Waals surface area contributed by atoms with Crippen molar-refractivity contribution in [3.8, 4) is 0 Å². The van der Waals surface area contributed by atoms with Crippen LogP contribution in [0.5, 0.6) is 0 Å². The Morgan fingerprint density at radius 3 is 3.00 bits per heavy atom. The molecule has 1 aliphatic rings. The topological polar surface area (TPSA) is 54.3 Å². The summed E-state index contributed by atoms with van der Waals surface area (Å²) < 4.78 is 1.44. The molecule has 0 radical (unpaired) electrons. The van der Waals surface area contributed by atoms with Crippen LogP contribution in [0.15, 0.2) is 23.1 Å². The summed E-state index contributed by atoms with van der Waals surface area (Å²) in [6.45, 7) is 1.41. The fraction of sp³-hybridized carbons (Fsp3) is 0.538. The highest BCUT2D eigenvalue weighted by Gasteiger charge is 2.25. The summed E-state index contributed by atoms with van der Waals surface area (Å²) in [6, 6.07) is 3.66. The van der Waals surface area contributed by atoms with Gasteiger partial charge in [0.2, 0.25) is 0 Å². The van der Waals surface area contributed by atoms with Gasteiger partial charge in [0.05, 0.1) is 0 Å². The van der Waals surface area contributed by atoms with Gasteiger partial charge in [-0.15, -0.1) is 0 Å². The molecule has 1 aliphatic heterocycles. The first kappa shape index (κ1) is 12.8. The van der Waals surface area contributed by atoms with Crippen LogP contribution >= 0.6 is 0 Å². The molecular formula is C13H19N3O2. The van der Waals surface area contributed by atoms with Gasteiger partial charge in [0.25, 0.3) is 11.5 Å². The first-order chi connectivity index (χ1) is 8.63. The van der Waals surface area contributed by atoms with Gasteiger partial charge in [0.1, 0.15) is 5.56 Å². The molecule has 2 rings (SSSR count). The van der Waals surface area contributed by atoms with E-state index in [4.69, 9.17) is 0 Å². The normalized spacial score (nSPS) is 19.9. The van der Waals surface area contributed by atoms with Crippen LogP contribution in [0.1, 0.15) is 23.2 Å². The Kier molecular flexibility index (Phi) is 3.81. The van der Waals surface area contributed by atoms with E-state index in [0.717, 1.165) is 19.4 Å². The molecule has 98 valence electrons. The van der Waals surface area contributed by atoms with E-state index in [1.165, 1.54) is 4.57 Å². The monoisotopic (exact) mass is 249 g/mol. The van der Waals surface area contributed by atoms with Crippen molar-refractivity contribution in [3.63, 3.8) is 0 Å². The predicted molar refractivity (Wildman–Crippen MR) is 69.7 cm³/mol. The van der Waals surface area contributed by atoms with Crippen LogP contribution in [0.4, 0.5) is 0 Å². The number of aromatic nitrogens is 1. The van der Waals surface area contributed by atoms with Crippen molar-refractivity contribution in [2.24, 2.45) is 7.05 Å². The van der Waals surface area contributed by atoms with Crippen LogP contribution in [-0.2, 0) is 7.05 Å². The summed E-state index contributed by atoms with van der Waals surface area (Å²) in [4.78, 5) is 26.0. The fourth-order valence-electron chi connectivity index (χ4n) is 2.33. The zero-order chi connectivity index (χ0) is 13.1. The second-order valence-corrected chi connectivity index (χ2v) is 4.72. The van der Waals surface area contributed by atoms with Gasteiger partial charge >= 0.3 is 0 Å². The van der Waals surface area contributed by atoms with E-state index in [1.807, 2.05) is 7.05 Å². The summed E-state index contributed by atoms with van der Waals surface area (Å²) in [5, 5.41) is 3.19. The van der Waals surface area contributed by atoms with E-state index in [1.54, 1.807) is 30.3 Å². The minimum atomic E-state index is -0.228. The van der Waals surface area contributed by atoms with E-state index in [0.29, 0.717) is 12.6 Å². The van der Waals surface area contributed by atoms with Crippen LogP contribution in [-0.4, -0.2) is 41.6 Å². The number of carbonyl (C=O) groups excluding carboxylic acids is 1. The number of aryl methyl sites for hydroxylation is 1. The number of nitrogens with zero attached hydrogens (tertiary/aromatic N) is 2. The Hall–Kier alpha value is -1.62. The highest BCUT2D eigenvalue weighted by atomic mass is 16.2. The molecule has 1 aromatic heterocycles. The van der Waals surface area contributed by atoms with Crippen LogP contribution in [0.2, 0.25) is 0 Å². The molecule has 0 spiro atoms. The van der Waals surface area contributed by atoms with Crippen molar-refractivity contribution in [3.05, 3.63) is 34.2 Å². The van der Waals surface area contributed by atoms with Gasteiger partial charge in [-0.3, -0.25) is 9.59 Å². The van der Waals surface area contributed by atoms with Crippen LogP contribution in [0, 0.1) is 0 Å². The Balaban J connectivity index is 2.21. The minimum Gasteiger partial charge on any atom is -0.337 e. The Bertz CT molecular complexity index is 495. The molecule has 18 heavy (non-hydrogen) atoms. The van der Waals surface area contributed by atoms with E-state index in [2.05, 4.69) is 5.32 Å². The lowest BCUT2D eigenvalue weighted by atomic mass is 10.1. The number of nitrogens with one attached hydrogen (secondary N) is 1. The van der Waals surface area contributed by atoms with E-state index in [9.17, 15) is 9.59 Å². The second-order valence-electron chi connectivity index (χ2n) is 4.72. The molecule has 1 atom stereocenters. The first-order valence-electron chi connectivity index (χ1n) is 6.25. The van der Waals surface area contributed by atoms with Crippen molar-refractivity contribution >= 4 is 5.91 Å². The SMILES string of the molecule is CNC1CCCN(C(=O)c2cccn(C)c2=O)C1. The third kappa shape index (κ3) is 2.46. The predicted octanol–water partition coefficient (Wildman–Crippen LogP) is 0.209. The molecule has 1 unspecified atom stereocenters. The number of rotatable bonds is 2. The van der Waals surface area contributed by atoms with E-state index >= 15 is 0 Å². The van der Waals surface area contributed by atoms with Gasteiger partial charge in [-0.2, -0.15) is 0 Å². The number of carbonyl (C=O) groups is 1. The Morgan fingerprint density at radius 1 is 1.50 bits per heavy atom. The average molecular weight is 249 g/mol. The summed E-state index contributed by atoms with van der Waals surface area (Å²) in [5.74, 6) is -0.156. The molecule has 5 nitrogen and oxygen atoms in total. The third-order valence-corrected chi connectivity index (χ3v) is 3.47. The standard InChI is InChI=1S/C13H19N3O2/c1-14-10-5-3-8-16(9-10)13(18)11-6-4-7-15(2)12(11)17/h4,6-7,10,14H,3,5,8-9H2,1-2H3. The molecule has 2 heterocycles. The number of pyridine rings is 1. The molecule has 1 saturated heterocycles. The maximum absolute atomic E-state index is 12.3. The maximum atomic E-state index is 12.3. The smallest absolute Gasteiger partial charge is 0.263 e. The molecule has 1 aromatic rings. The van der Waals surface area contributed by atoms with Crippen molar-refractivity contribution in [1.82, 2.24) is 14.8 Å². The van der Waals surface area contributed by atoms with Crippen LogP contribution in [0.25, 0.3) is 0 Å². The molecule has 0 saturated carbocycles. The second kappa shape index (κ2) is 5.35. The van der Waals surface area contributed by atoms with Crippen molar-refractivity contribution in [2.75, 3.05) is 20.1 Å². The van der Waals surface area contributed by atoms with Gasteiger partial charge < -0.3 is 14.8 Å². The summed E-state index contributed by atoms with van der Waals surface area (Å²) in [5.41, 5.74) is 0.0332. The lowest BCUT2D eigenvalue weighted by Crippen LogP contribution is -2.48. The van der Waals surface area contributed by atoms with Crippen LogP contribution in [0.3, 0.4) is 0 Å². The zero-order valence-electron chi connectivity index (χ0n) is 10.8. The molecule has 0 aromatic carbocycles. The highest BCUT2D eigenvalue weighted by Crippen LogP contribution is 2.12. The number of piperidine rings is 1. The number of likely N-dealkylation sites (N-methyl/N-ethyl adjacent to an activating group) is 1. The molecule has 0 aliphatic carbocycles. The fourth-order valence-corrected chi connectivity index (χ4v) is 2.33. The number of hydrogen-bond donors (Lipinski definition) is 1. The largest absolute Gasteiger partial charge is 0.337 e. The van der Waals surface area contributed by atoms with Gasteiger partial charge in [-0.05, 0) is 32.0 Å². The lowest BCUT2D eigenvalue weighted by molar-refractivity contribution is 0.0696. The van der Waals surface area contributed by atoms with Crippen molar-refractivity contribution in [2.45, 2.75) is 18.9 Å². The maximum Gasteiger partial charge on any atom is 0.263 e. The van der Waals surface area contributed by atoms with Crippen molar-refractivity contribution < 1.29 is 4.79 Å².